The van der Waals surface area contributed by atoms with Crippen molar-refractivity contribution in [3.05, 3.63) is 72.1 Å². The van der Waals surface area contributed by atoms with Gasteiger partial charge in [0.1, 0.15) is 0 Å². The van der Waals surface area contributed by atoms with Gasteiger partial charge in [-0.1, -0.05) is 36.4 Å². The Morgan fingerprint density at radius 3 is 2.74 bits per heavy atom. The van der Waals surface area contributed by atoms with Gasteiger partial charge in [-0.3, -0.25) is 9.69 Å². The molecule has 0 aliphatic carbocycles. The molecule has 2 bridgehead atoms. The fourth-order valence-corrected chi connectivity index (χ4v) is 4.65. The van der Waals surface area contributed by atoms with E-state index in [0.29, 0.717) is 12.0 Å². The second-order valence-corrected chi connectivity index (χ2v) is 7.82. The van der Waals surface area contributed by atoms with Crippen LogP contribution in [0.2, 0.25) is 0 Å². The van der Waals surface area contributed by atoms with E-state index in [9.17, 15) is 4.79 Å². The molecule has 6 rings (SSSR count). The molecule has 3 aliphatic heterocycles. The SMILES string of the molecule is O=C(c1cnn2ccccc12)N1C[C@H]2CC[C@@H]1CN(Cc1ccccc1)C2. The zero-order valence-electron chi connectivity index (χ0n) is 15.4. The first-order chi connectivity index (χ1) is 13.3. The van der Waals surface area contributed by atoms with Crippen LogP contribution in [0.3, 0.4) is 0 Å². The van der Waals surface area contributed by atoms with Gasteiger partial charge >= 0.3 is 0 Å². The molecule has 27 heavy (non-hydrogen) atoms. The van der Waals surface area contributed by atoms with Crippen LogP contribution < -0.4 is 0 Å². The lowest BCUT2D eigenvalue weighted by atomic mass is 9.94. The molecule has 3 aromatic rings. The fourth-order valence-electron chi connectivity index (χ4n) is 4.65. The average molecular weight is 360 g/mol. The van der Waals surface area contributed by atoms with E-state index in [1.165, 1.54) is 12.0 Å². The summed E-state index contributed by atoms with van der Waals surface area (Å²) in [4.78, 5) is 18.0. The molecule has 3 fully saturated rings. The van der Waals surface area contributed by atoms with Crippen LogP contribution in [-0.2, 0) is 6.54 Å². The highest BCUT2D eigenvalue weighted by atomic mass is 16.2. The Hall–Kier alpha value is -2.66. The first-order valence-electron chi connectivity index (χ1n) is 9.77. The van der Waals surface area contributed by atoms with E-state index >= 15 is 0 Å². The second-order valence-electron chi connectivity index (χ2n) is 7.82. The number of nitrogens with zero attached hydrogens (tertiary/aromatic N) is 4. The molecule has 1 amide bonds. The number of fused-ring (bicyclic) bond motifs is 5. The summed E-state index contributed by atoms with van der Waals surface area (Å²) in [6.45, 7) is 3.85. The van der Waals surface area contributed by atoms with Crippen LogP contribution in [-0.4, -0.2) is 51.0 Å². The van der Waals surface area contributed by atoms with E-state index in [-0.39, 0.29) is 5.91 Å². The van der Waals surface area contributed by atoms with Crippen molar-refractivity contribution in [2.45, 2.75) is 25.4 Å². The topological polar surface area (TPSA) is 40.9 Å². The van der Waals surface area contributed by atoms with Crippen LogP contribution >= 0.6 is 0 Å². The molecular weight excluding hydrogens is 336 g/mol. The molecule has 2 atom stereocenters. The summed E-state index contributed by atoms with van der Waals surface area (Å²) >= 11 is 0. The predicted octanol–water partition coefficient (Wildman–Crippen LogP) is 3.07. The Morgan fingerprint density at radius 1 is 1.00 bits per heavy atom. The molecule has 0 N–H and O–H groups in total. The highest BCUT2D eigenvalue weighted by Crippen LogP contribution is 2.30. The highest BCUT2D eigenvalue weighted by Gasteiger charge is 2.38. The molecule has 0 saturated carbocycles. The third-order valence-corrected chi connectivity index (χ3v) is 5.96. The number of aromatic nitrogens is 2. The van der Waals surface area contributed by atoms with Crippen molar-refractivity contribution in [3.63, 3.8) is 0 Å². The number of rotatable bonds is 3. The van der Waals surface area contributed by atoms with E-state index in [0.717, 1.165) is 43.7 Å². The minimum absolute atomic E-state index is 0.132. The molecule has 3 aliphatic rings. The summed E-state index contributed by atoms with van der Waals surface area (Å²) in [5, 5.41) is 4.35. The second kappa shape index (κ2) is 6.82. The molecule has 5 heterocycles. The number of benzene rings is 1. The number of piperidine rings is 1. The Morgan fingerprint density at radius 2 is 1.85 bits per heavy atom. The van der Waals surface area contributed by atoms with Gasteiger partial charge in [-0.2, -0.15) is 5.10 Å². The van der Waals surface area contributed by atoms with Gasteiger partial charge in [-0.25, -0.2) is 4.52 Å². The number of carbonyl (C=O) groups excluding carboxylic acids is 1. The van der Waals surface area contributed by atoms with Crippen molar-refractivity contribution in [1.29, 1.82) is 0 Å². The largest absolute Gasteiger partial charge is 0.334 e. The Balaban J connectivity index is 1.38. The summed E-state index contributed by atoms with van der Waals surface area (Å²) in [7, 11) is 0. The molecule has 2 aromatic heterocycles. The fraction of sp³-hybridized carbons (Fsp3) is 0.364. The van der Waals surface area contributed by atoms with Gasteiger partial charge < -0.3 is 4.90 Å². The van der Waals surface area contributed by atoms with Crippen LogP contribution in [0.15, 0.2) is 60.9 Å². The van der Waals surface area contributed by atoms with Crippen LogP contribution in [0.1, 0.15) is 28.8 Å². The molecule has 0 spiro atoms. The molecule has 1 aromatic carbocycles. The lowest BCUT2D eigenvalue weighted by molar-refractivity contribution is 0.0587. The monoisotopic (exact) mass is 360 g/mol. The van der Waals surface area contributed by atoms with E-state index in [4.69, 9.17) is 0 Å². The molecule has 0 unspecified atom stereocenters. The maximum atomic E-state index is 13.3. The minimum Gasteiger partial charge on any atom is -0.334 e. The molecular formula is C22H24N4O. The van der Waals surface area contributed by atoms with Gasteiger partial charge in [-0.15, -0.1) is 0 Å². The van der Waals surface area contributed by atoms with Crippen molar-refractivity contribution in [2.75, 3.05) is 19.6 Å². The summed E-state index contributed by atoms with van der Waals surface area (Å²) in [6.07, 6.45) is 5.93. The summed E-state index contributed by atoms with van der Waals surface area (Å²) in [5.74, 6) is 0.686. The van der Waals surface area contributed by atoms with E-state index in [1.54, 1.807) is 10.7 Å². The first kappa shape index (κ1) is 16.5. The quantitative estimate of drug-likeness (QED) is 0.721. The Kier molecular flexibility index (Phi) is 4.17. The van der Waals surface area contributed by atoms with Gasteiger partial charge in [0.05, 0.1) is 17.3 Å². The molecule has 5 nitrogen and oxygen atoms in total. The molecule has 138 valence electrons. The summed E-state index contributed by atoms with van der Waals surface area (Å²) in [6, 6.07) is 16.8. The van der Waals surface area contributed by atoms with Gasteiger partial charge in [0.25, 0.3) is 5.91 Å². The lowest BCUT2D eigenvalue weighted by Crippen LogP contribution is -2.47. The lowest BCUT2D eigenvalue weighted by Gasteiger charge is -2.36. The number of amides is 1. The first-order valence-corrected chi connectivity index (χ1v) is 9.77. The zero-order chi connectivity index (χ0) is 18.2. The van der Waals surface area contributed by atoms with E-state index in [2.05, 4.69) is 45.2 Å². The van der Waals surface area contributed by atoms with Crippen LogP contribution in [0.4, 0.5) is 0 Å². The summed E-state index contributed by atoms with van der Waals surface area (Å²) < 4.78 is 1.78. The van der Waals surface area contributed by atoms with Gasteiger partial charge in [0, 0.05) is 38.4 Å². The van der Waals surface area contributed by atoms with Crippen LogP contribution in [0.25, 0.3) is 5.52 Å². The predicted molar refractivity (Wildman–Crippen MR) is 104 cm³/mol. The van der Waals surface area contributed by atoms with Crippen molar-refractivity contribution in [2.24, 2.45) is 5.92 Å². The van der Waals surface area contributed by atoms with Gasteiger partial charge in [0.15, 0.2) is 0 Å². The standard InChI is InChI=1S/C22H24N4O/c27-22(20-12-23-26-11-5-4-8-21(20)26)25-15-18-9-10-19(25)16-24(14-18)13-17-6-2-1-3-7-17/h1-8,11-12,18-19H,9-10,13-16H2/t18-,19+/m0/s1. The maximum Gasteiger partial charge on any atom is 0.257 e. The van der Waals surface area contributed by atoms with E-state index in [1.807, 2.05) is 24.4 Å². The van der Waals surface area contributed by atoms with Crippen molar-refractivity contribution in [3.8, 4) is 0 Å². The molecule has 0 radical (unpaired) electrons. The normalized spacial score (nSPS) is 22.9. The zero-order valence-corrected chi connectivity index (χ0v) is 15.4. The van der Waals surface area contributed by atoms with Crippen molar-refractivity contribution >= 4 is 11.4 Å². The highest BCUT2D eigenvalue weighted by molar-refractivity contribution is 6.00. The molecule has 5 heteroatoms. The molecule has 3 saturated heterocycles. The van der Waals surface area contributed by atoms with Crippen LogP contribution in [0.5, 0.6) is 0 Å². The minimum atomic E-state index is 0.132. The number of hydrogen-bond acceptors (Lipinski definition) is 3. The Labute approximate surface area is 159 Å². The Bertz CT molecular complexity index is 951. The summed E-state index contributed by atoms with van der Waals surface area (Å²) in [5.41, 5.74) is 2.96. The van der Waals surface area contributed by atoms with Gasteiger partial charge in [-0.05, 0) is 36.5 Å². The number of hydrogen-bond donors (Lipinski definition) is 0. The number of carbonyl (C=O) groups is 1. The third kappa shape index (κ3) is 3.12. The third-order valence-electron chi connectivity index (χ3n) is 5.96. The maximum absolute atomic E-state index is 13.3. The van der Waals surface area contributed by atoms with Gasteiger partial charge in [0.2, 0.25) is 0 Å². The smallest absolute Gasteiger partial charge is 0.257 e. The average Bonchev–Trinajstić information content (AvgIpc) is 2.94. The van der Waals surface area contributed by atoms with Crippen molar-refractivity contribution in [1.82, 2.24) is 19.4 Å². The number of pyridine rings is 1. The van der Waals surface area contributed by atoms with Crippen molar-refractivity contribution < 1.29 is 4.79 Å². The van der Waals surface area contributed by atoms with Crippen LogP contribution in [0, 0.1) is 5.92 Å². The van der Waals surface area contributed by atoms with E-state index < -0.39 is 0 Å².